The number of benzene rings is 2. The molecule has 7 nitrogen and oxygen atoms in total. The van der Waals surface area contributed by atoms with Crippen LogP contribution in [0.25, 0.3) is 5.65 Å². The number of methoxy groups -OCH3 is 2. The molecule has 0 saturated heterocycles. The highest BCUT2D eigenvalue weighted by atomic mass is 16.5. The van der Waals surface area contributed by atoms with Gasteiger partial charge in [0, 0.05) is 24.0 Å². The average Bonchev–Trinajstić information content (AvgIpc) is 3.21. The summed E-state index contributed by atoms with van der Waals surface area (Å²) < 4.78 is 18.3. The van der Waals surface area contributed by atoms with E-state index in [0.717, 1.165) is 11.3 Å². The van der Waals surface area contributed by atoms with E-state index in [9.17, 15) is 4.79 Å². The first-order valence-corrected chi connectivity index (χ1v) is 9.35. The quantitative estimate of drug-likeness (QED) is 0.501. The molecule has 4 rings (SSSR count). The van der Waals surface area contributed by atoms with Crippen molar-refractivity contribution in [3.63, 3.8) is 0 Å². The van der Waals surface area contributed by atoms with E-state index in [1.807, 2.05) is 35.0 Å². The molecule has 2 aromatic carbocycles. The van der Waals surface area contributed by atoms with E-state index < -0.39 is 0 Å². The maximum atomic E-state index is 12.7. The molecule has 0 bridgehead atoms. The second-order valence-electron chi connectivity index (χ2n) is 6.54. The van der Waals surface area contributed by atoms with Crippen LogP contribution in [0.15, 0.2) is 73.1 Å². The molecule has 2 aromatic heterocycles. The Balaban J connectivity index is 1.46. The van der Waals surface area contributed by atoms with Crippen LogP contribution in [0, 0.1) is 0 Å². The number of aromatic nitrogens is 2. The molecule has 4 aromatic rings. The number of ether oxygens (including phenoxy) is 3. The Kier molecular flexibility index (Phi) is 5.52. The number of fused-ring (bicyclic) bond motifs is 1. The van der Waals surface area contributed by atoms with Crippen LogP contribution in [0.5, 0.6) is 17.2 Å². The van der Waals surface area contributed by atoms with E-state index in [2.05, 4.69) is 10.3 Å². The van der Waals surface area contributed by atoms with E-state index in [1.165, 1.54) is 0 Å². The van der Waals surface area contributed by atoms with Gasteiger partial charge in [-0.15, -0.1) is 0 Å². The van der Waals surface area contributed by atoms with Crippen molar-refractivity contribution in [2.75, 3.05) is 19.5 Å². The molecule has 0 fully saturated rings. The summed E-state index contributed by atoms with van der Waals surface area (Å²) in [6, 6.07) is 18.0. The molecular formula is C23H21N3O4. The minimum absolute atomic E-state index is 0.278. The molecule has 7 heteroatoms. The molecule has 0 aliphatic carbocycles. The summed E-state index contributed by atoms with van der Waals surface area (Å²) >= 11 is 0. The maximum Gasteiger partial charge on any atom is 0.255 e. The fraction of sp³-hybridized carbons (Fsp3) is 0.130. The van der Waals surface area contributed by atoms with Gasteiger partial charge >= 0.3 is 0 Å². The monoisotopic (exact) mass is 403 g/mol. The molecule has 1 amide bonds. The summed E-state index contributed by atoms with van der Waals surface area (Å²) in [5.74, 6) is 1.47. The van der Waals surface area contributed by atoms with Gasteiger partial charge in [0.25, 0.3) is 5.91 Å². The second kappa shape index (κ2) is 8.57. The predicted molar refractivity (Wildman–Crippen MR) is 113 cm³/mol. The Morgan fingerprint density at radius 1 is 1.00 bits per heavy atom. The average molecular weight is 403 g/mol. The molecule has 2 heterocycles. The molecule has 0 radical (unpaired) electrons. The van der Waals surface area contributed by atoms with Crippen LogP contribution in [0.4, 0.5) is 5.69 Å². The Morgan fingerprint density at radius 3 is 2.70 bits per heavy atom. The smallest absolute Gasteiger partial charge is 0.255 e. The number of amides is 1. The summed E-state index contributed by atoms with van der Waals surface area (Å²) in [6.45, 7) is 0.302. The van der Waals surface area contributed by atoms with Gasteiger partial charge in [0.2, 0.25) is 0 Å². The zero-order valence-electron chi connectivity index (χ0n) is 16.7. The number of imidazole rings is 1. The standard InChI is InChI=1S/C23H21N3O4/c1-28-18-9-10-21(29-2)20(13-18)25-23(27)16-6-5-7-19(12-16)30-15-17-14-26-11-4-3-8-22(26)24-17/h3-14H,15H2,1-2H3,(H,25,27). The number of carbonyl (C=O) groups is 1. The molecular weight excluding hydrogens is 382 g/mol. The fourth-order valence-corrected chi connectivity index (χ4v) is 3.05. The zero-order chi connectivity index (χ0) is 20.9. The third-order valence-corrected chi connectivity index (χ3v) is 4.55. The van der Waals surface area contributed by atoms with Gasteiger partial charge < -0.3 is 23.9 Å². The van der Waals surface area contributed by atoms with Crippen LogP contribution in [0.3, 0.4) is 0 Å². The summed E-state index contributed by atoms with van der Waals surface area (Å²) in [5.41, 5.74) is 2.65. The Bertz CT molecular complexity index is 1150. The topological polar surface area (TPSA) is 74.1 Å². The zero-order valence-corrected chi connectivity index (χ0v) is 16.7. The van der Waals surface area contributed by atoms with Gasteiger partial charge in [0.1, 0.15) is 29.5 Å². The summed E-state index contributed by atoms with van der Waals surface area (Å²) in [5, 5.41) is 2.86. The normalized spacial score (nSPS) is 10.6. The second-order valence-corrected chi connectivity index (χ2v) is 6.54. The predicted octanol–water partition coefficient (Wildman–Crippen LogP) is 4.18. The highest BCUT2D eigenvalue weighted by Gasteiger charge is 2.12. The van der Waals surface area contributed by atoms with Gasteiger partial charge in [-0.05, 0) is 42.5 Å². The lowest BCUT2D eigenvalue weighted by molar-refractivity contribution is 0.102. The molecule has 0 aliphatic rings. The van der Waals surface area contributed by atoms with Crippen molar-refractivity contribution in [3.05, 3.63) is 84.3 Å². The van der Waals surface area contributed by atoms with Crippen molar-refractivity contribution in [3.8, 4) is 17.2 Å². The third kappa shape index (κ3) is 4.20. The lowest BCUT2D eigenvalue weighted by atomic mass is 10.2. The number of nitrogens with one attached hydrogen (secondary N) is 1. The number of carbonyl (C=O) groups excluding carboxylic acids is 1. The minimum atomic E-state index is -0.278. The molecule has 0 unspecified atom stereocenters. The molecule has 1 N–H and O–H groups in total. The van der Waals surface area contributed by atoms with Crippen LogP contribution < -0.4 is 19.5 Å². The molecule has 0 saturated carbocycles. The van der Waals surface area contributed by atoms with Crippen LogP contribution in [0.1, 0.15) is 16.1 Å². The number of hydrogen-bond acceptors (Lipinski definition) is 5. The van der Waals surface area contributed by atoms with Gasteiger partial charge in [-0.3, -0.25) is 4.79 Å². The molecule has 0 atom stereocenters. The Morgan fingerprint density at radius 2 is 1.90 bits per heavy atom. The van der Waals surface area contributed by atoms with Crippen LogP contribution in [-0.4, -0.2) is 29.5 Å². The molecule has 30 heavy (non-hydrogen) atoms. The summed E-state index contributed by atoms with van der Waals surface area (Å²) in [6.07, 6.45) is 3.85. The minimum Gasteiger partial charge on any atom is -0.497 e. The SMILES string of the molecule is COc1ccc(OC)c(NC(=O)c2cccc(OCc3cn4ccccc4n3)c2)c1. The first-order valence-electron chi connectivity index (χ1n) is 9.35. The number of pyridine rings is 1. The van der Waals surface area contributed by atoms with Crippen molar-refractivity contribution < 1.29 is 19.0 Å². The number of anilines is 1. The maximum absolute atomic E-state index is 12.7. The summed E-state index contributed by atoms with van der Waals surface area (Å²) in [4.78, 5) is 17.3. The van der Waals surface area contributed by atoms with E-state index in [0.29, 0.717) is 35.1 Å². The van der Waals surface area contributed by atoms with Crippen molar-refractivity contribution in [1.82, 2.24) is 9.38 Å². The lowest BCUT2D eigenvalue weighted by Gasteiger charge is -2.12. The molecule has 0 spiro atoms. The largest absolute Gasteiger partial charge is 0.497 e. The van der Waals surface area contributed by atoms with Crippen LogP contribution >= 0.6 is 0 Å². The van der Waals surface area contributed by atoms with Gasteiger partial charge in [0.05, 0.1) is 25.6 Å². The fourth-order valence-electron chi connectivity index (χ4n) is 3.05. The van der Waals surface area contributed by atoms with Gasteiger partial charge in [-0.25, -0.2) is 4.98 Å². The van der Waals surface area contributed by atoms with E-state index >= 15 is 0 Å². The van der Waals surface area contributed by atoms with Crippen LogP contribution in [0.2, 0.25) is 0 Å². The molecule has 0 aliphatic heterocycles. The number of nitrogens with zero attached hydrogens (tertiary/aromatic N) is 2. The Hall–Kier alpha value is -4.00. The first kappa shape index (κ1) is 19.3. The van der Waals surface area contributed by atoms with Gasteiger partial charge in [-0.2, -0.15) is 0 Å². The molecule has 152 valence electrons. The van der Waals surface area contributed by atoms with Crippen molar-refractivity contribution in [2.45, 2.75) is 6.61 Å². The Labute approximate surface area is 173 Å². The van der Waals surface area contributed by atoms with Crippen molar-refractivity contribution in [1.29, 1.82) is 0 Å². The van der Waals surface area contributed by atoms with E-state index in [1.54, 1.807) is 56.7 Å². The van der Waals surface area contributed by atoms with E-state index in [4.69, 9.17) is 14.2 Å². The number of hydrogen-bond donors (Lipinski definition) is 1. The summed E-state index contributed by atoms with van der Waals surface area (Å²) in [7, 11) is 3.11. The lowest BCUT2D eigenvalue weighted by Crippen LogP contribution is -2.13. The van der Waals surface area contributed by atoms with Gasteiger partial charge in [0.15, 0.2) is 0 Å². The third-order valence-electron chi connectivity index (χ3n) is 4.55. The van der Waals surface area contributed by atoms with Crippen molar-refractivity contribution >= 4 is 17.2 Å². The first-order chi connectivity index (χ1) is 14.7. The van der Waals surface area contributed by atoms with Crippen LogP contribution in [-0.2, 0) is 6.61 Å². The highest BCUT2D eigenvalue weighted by Crippen LogP contribution is 2.29. The highest BCUT2D eigenvalue weighted by molar-refractivity contribution is 6.05. The number of rotatable bonds is 7. The van der Waals surface area contributed by atoms with Gasteiger partial charge in [-0.1, -0.05) is 12.1 Å². The van der Waals surface area contributed by atoms with E-state index in [-0.39, 0.29) is 5.91 Å². The van der Waals surface area contributed by atoms with Crippen molar-refractivity contribution in [2.24, 2.45) is 0 Å².